The Morgan fingerprint density at radius 2 is 2.05 bits per heavy atom. The summed E-state index contributed by atoms with van der Waals surface area (Å²) in [5.74, 6) is -1.26. The number of halogens is 1. The maximum atomic E-state index is 13.5. The average molecular weight is 300 g/mol. The number of hydrogen-bond acceptors (Lipinski definition) is 3. The molecule has 110 valence electrons. The fourth-order valence-electron chi connectivity index (χ4n) is 2.49. The number of carbonyl (C=O) groups is 1. The Morgan fingerprint density at radius 1 is 1.40 bits per heavy atom. The molecule has 0 spiro atoms. The molecule has 1 aromatic carbocycles. The fourth-order valence-corrected chi connectivity index (χ4v) is 3.13. The molecule has 2 N–H and O–H groups in total. The topological polar surface area (TPSA) is 80.5 Å². The molecule has 1 fully saturated rings. The Hall–Kier alpha value is -1.47. The van der Waals surface area contributed by atoms with Gasteiger partial charge in [0.25, 0.3) is 5.91 Å². The van der Waals surface area contributed by atoms with E-state index in [0.29, 0.717) is 6.54 Å². The zero-order chi connectivity index (χ0) is 15.1. The summed E-state index contributed by atoms with van der Waals surface area (Å²) in [5, 5.41) is 4.94. The monoisotopic (exact) mass is 300 g/mol. The van der Waals surface area contributed by atoms with E-state index < -0.39 is 20.7 Å². The van der Waals surface area contributed by atoms with Gasteiger partial charge in [0, 0.05) is 17.6 Å². The molecule has 0 aromatic heterocycles. The van der Waals surface area contributed by atoms with Crippen LogP contribution in [0, 0.1) is 5.82 Å². The number of rotatable bonds is 2. The summed E-state index contributed by atoms with van der Waals surface area (Å²) in [5.41, 5.74) is -0.155. The van der Waals surface area contributed by atoms with E-state index in [-0.39, 0.29) is 17.0 Å². The van der Waals surface area contributed by atoms with Gasteiger partial charge >= 0.3 is 0 Å². The molecule has 0 radical (unpaired) electrons. The number of amides is 1. The van der Waals surface area contributed by atoms with E-state index in [1.54, 1.807) is 4.90 Å². The van der Waals surface area contributed by atoms with Crippen LogP contribution < -0.4 is 5.14 Å². The zero-order valence-corrected chi connectivity index (χ0v) is 12.2. The van der Waals surface area contributed by atoms with Gasteiger partial charge in [-0.25, -0.2) is 17.9 Å². The van der Waals surface area contributed by atoms with Gasteiger partial charge in [-0.3, -0.25) is 4.79 Å². The number of primary sulfonamides is 1. The molecule has 1 amide bonds. The van der Waals surface area contributed by atoms with Crippen molar-refractivity contribution in [3.63, 3.8) is 0 Å². The molecular weight excluding hydrogens is 283 g/mol. The van der Waals surface area contributed by atoms with Crippen LogP contribution in [0.2, 0.25) is 0 Å². The number of benzene rings is 1. The van der Waals surface area contributed by atoms with Gasteiger partial charge in [-0.1, -0.05) is 0 Å². The second-order valence-electron chi connectivity index (χ2n) is 5.56. The molecule has 20 heavy (non-hydrogen) atoms. The molecule has 1 aliphatic heterocycles. The second kappa shape index (κ2) is 4.82. The Labute approximate surface area is 117 Å². The Morgan fingerprint density at radius 3 is 2.55 bits per heavy atom. The molecule has 0 aliphatic carbocycles. The minimum Gasteiger partial charge on any atom is -0.334 e. The second-order valence-corrected chi connectivity index (χ2v) is 7.09. The lowest BCUT2D eigenvalue weighted by atomic mass is 10.0. The molecule has 0 bridgehead atoms. The van der Waals surface area contributed by atoms with Gasteiger partial charge in [-0.15, -0.1) is 0 Å². The van der Waals surface area contributed by atoms with Crippen molar-refractivity contribution in [1.82, 2.24) is 4.90 Å². The van der Waals surface area contributed by atoms with Gasteiger partial charge in [0.2, 0.25) is 10.0 Å². The maximum Gasteiger partial charge on any atom is 0.254 e. The van der Waals surface area contributed by atoms with Gasteiger partial charge in [0.05, 0.1) is 0 Å². The Kier molecular flexibility index (Phi) is 3.60. The molecule has 0 saturated carbocycles. The van der Waals surface area contributed by atoms with Crippen LogP contribution in [0.4, 0.5) is 4.39 Å². The third-order valence-corrected chi connectivity index (χ3v) is 4.56. The van der Waals surface area contributed by atoms with Crippen molar-refractivity contribution in [2.75, 3.05) is 6.54 Å². The van der Waals surface area contributed by atoms with Crippen LogP contribution in [0.15, 0.2) is 23.1 Å². The van der Waals surface area contributed by atoms with Crippen LogP contribution in [0.25, 0.3) is 0 Å². The molecule has 0 unspecified atom stereocenters. The van der Waals surface area contributed by atoms with Crippen molar-refractivity contribution in [3.8, 4) is 0 Å². The first-order chi connectivity index (χ1) is 9.13. The van der Waals surface area contributed by atoms with Crippen molar-refractivity contribution < 1.29 is 17.6 Å². The molecule has 1 aliphatic rings. The fraction of sp³-hybridized carbons (Fsp3) is 0.462. The lowest BCUT2D eigenvalue weighted by Crippen LogP contribution is -2.42. The first-order valence-electron chi connectivity index (χ1n) is 6.27. The summed E-state index contributed by atoms with van der Waals surface area (Å²) in [4.78, 5) is 13.4. The van der Waals surface area contributed by atoms with E-state index in [1.165, 1.54) is 6.07 Å². The first kappa shape index (κ1) is 14.9. The van der Waals surface area contributed by atoms with Crippen molar-refractivity contribution in [3.05, 3.63) is 29.6 Å². The molecule has 1 saturated heterocycles. The van der Waals surface area contributed by atoms with E-state index in [9.17, 15) is 17.6 Å². The van der Waals surface area contributed by atoms with E-state index in [4.69, 9.17) is 5.14 Å². The van der Waals surface area contributed by atoms with E-state index in [1.807, 2.05) is 13.8 Å². The summed E-state index contributed by atoms with van der Waals surface area (Å²) in [6.07, 6.45) is 1.77. The summed E-state index contributed by atoms with van der Waals surface area (Å²) < 4.78 is 36.1. The number of likely N-dealkylation sites (tertiary alicyclic amines) is 1. The Bertz CT molecular complexity index is 656. The number of carbonyl (C=O) groups excluding carboxylic acids is 1. The molecule has 1 aromatic rings. The van der Waals surface area contributed by atoms with Crippen molar-refractivity contribution >= 4 is 15.9 Å². The molecule has 0 atom stereocenters. The third-order valence-electron chi connectivity index (χ3n) is 3.63. The maximum absolute atomic E-state index is 13.5. The van der Waals surface area contributed by atoms with Crippen LogP contribution in [0.1, 0.15) is 37.0 Å². The van der Waals surface area contributed by atoms with Gasteiger partial charge in [0.1, 0.15) is 10.7 Å². The molecular formula is C13H17FN2O3S. The zero-order valence-electron chi connectivity index (χ0n) is 11.4. The highest BCUT2D eigenvalue weighted by molar-refractivity contribution is 7.89. The largest absolute Gasteiger partial charge is 0.334 e. The summed E-state index contributed by atoms with van der Waals surface area (Å²) in [6.45, 7) is 4.50. The highest BCUT2D eigenvalue weighted by atomic mass is 32.2. The number of sulfonamides is 1. The predicted molar refractivity (Wildman–Crippen MR) is 72.1 cm³/mol. The van der Waals surface area contributed by atoms with E-state index >= 15 is 0 Å². The number of nitrogens with two attached hydrogens (primary N) is 1. The van der Waals surface area contributed by atoms with Crippen LogP contribution in [-0.4, -0.2) is 31.3 Å². The normalized spacial score (nSPS) is 18.3. The van der Waals surface area contributed by atoms with Crippen LogP contribution in [0.3, 0.4) is 0 Å². The lowest BCUT2D eigenvalue weighted by Gasteiger charge is -2.31. The Balaban J connectivity index is 2.42. The summed E-state index contributed by atoms with van der Waals surface area (Å²) in [7, 11) is -4.19. The van der Waals surface area contributed by atoms with Crippen molar-refractivity contribution in [2.45, 2.75) is 37.1 Å². The van der Waals surface area contributed by atoms with Crippen molar-refractivity contribution in [2.24, 2.45) is 5.14 Å². The highest BCUT2D eigenvalue weighted by Gasteiger charge is 2.36. The quantitative estimate of drug-likeness (QED) is 0.898. The minimum atomic E-state index is -4.19. The van der Waals surface area contributed by atoms with Crippen molar-refractivity contribution in [1.29, 1.82) is 0 Å². The van der Waals surface area contributed by atoms with Crippen LogP contribution in [0.5, 0.6) is 0 Å². The molecule has 5 nitrogen and oxygen atoms in total. The molecule has 1 heterocycles. The smallest absolute Gasteiger partial charge is 0.254 e. The average Bonchev–Trinajstić information content (AvgIpc) is 2.67. The van der Waals surface area contributed by atoms with E-state index in [0.717, 1.165) is 25.0 Å². The van der Waals surface area contributed by atoms with Crippen LogP contribution >= 0.6 is 0 Å². The first-order valence-corrected chi connectivity index (χ1v) is 7.82. The summed E-state index contributed by atoms with van der Waals surface area (Å²) in [6, 6.07) is 3.23. The van der Waals surface area contributed by atoms with E-state index in [2.05, 4.69) is 0 Å². The number of hydrogen-bond donors (Lipinski definition) is 1. The standard InChI is InChI=1S/C13H17FN2O3S/c1-13(2)6-3-7-16(13)12(17)9-4-5-10(14)11(8-9)20(15,18)19/h4-5,8H,3,6-7H2,1-2H3,(H2,15,18,19). The van der Waals surface area contributed by atoms with Gasteiger partial charge in [0.15, 0.2) is 0 Å². The predicted octanol–water partition coefficient (Wildman–Crippen LogP) is 1.49. The van der Waals surface area contributed by atoms with Gasteiger partial charge in [-0.2, -0.15) is 0 Å². The van der Waals surface area contributed by atoms with Gasteiger partial charge < -0.3 is 4.90 Å². The lowest BCUT2D eigenvalue weighted by molar-refractivity contribution is 0.0651. The molecule has 7 heteroatoms. The van der Waals surface area contributed by atoms with Gasteiger partial charge in [-0.05, 0) is 44.9 Å². The third kappa shape index (κ3) is 2.69. The highest BCUT2D eigenvalue weighted by Crippen LogP contribution is 2.30. The summed E-state index contributed by atoms with van der Waals surface area (Å²) >= 11 is 0. The SMILES string of the molecule is CC1(C)CCCN1C(=O)c1ccc(F)c(S(N)(=O)=O)c1. The minimum absolute atomic E-state index is 0.130. The van der Waals surface area contributed by atoms with Crippen LogP contribution in [-0.2, 0) is 10.0 Å². The number of nitrogens with zero attached hydrogens (tertiary/aromatic N) is 1. The molecule has 2 rings (SSSR count).